The lowest BCUT2D eigenvalue weighted by atomic mass is 9.72. The number of ether oxygens (including phenoxy) is 2. The second-order valence-corrected chi connectivity index (χ2v) is 25.8. The number of carboxylic acid groups (broad SMARTS) is 1. The van der Waals surface area contributed by atoms with Crippen molar-refractivity contribution in [1.29, 1.82) is 0 Å². The van der Waals surface area contributed by atoms with E-state index in [2.05, 4.69) is 27.2 Å². The number of amides is 5. The molecule has 2 N–H and O–H groups in total. The summed E-state index contributed by atoms with van der Waals surface area (Å²) in [5, 5.41) is 13.7. The van der Waals surface area contributed by atoms with Gasteiger partial charge in [-0.1, -0.05) is 84.9 Å². The minimum absolute atomic E-state index is 0. The first kappa shape index (κ1) is 78.8. The average Bonchev–Trinajstić information content (AvgIpc) is 1.60. The molecule has 1 aliphatic carbocycles. The summed E-state index contributed by atoms with van der Waals surface area (Å²) < 4.78 is 110. The maximum atomic E-state index is 14.2. The van der Waals surface area contributed by atoms with Gasteiger partial charge >= 0.3 is 18.4 Å². The van der Waals surface area contributed by atoms with Crippen LogP contribution in [0.5, 0.6) is 0 Å². The topological polar surface area (TPSA) is 159 Å². The van der Waals surface area contributed by atoms with Gasteiger partial charge in [0.15, 0.2) is 0 Å². The first-order chi connectivity index (χ1) is 45.9. The smallest absolute Gasteiger partial charge is 0.416 e. The monoisotopic (exact) mass is 1440 g/mol. The molecule has 16 nitrogen and oxygen atoms in total. The molecule has 2 atom stereocenters. The van der Waals surface area contributed by atoms with Gasteiger partial charge in [0.2, 0.25) is 11.8 Å². The predicted octanol–water partition coefficient (Wildman–Crippen LogP) is 13.8. The van der Waals surface area contributed by atoms with Gasteiger partial charge < -0.3 is 49.3 Å². The number of hydrogen-bond acceptors (Lipinski definition) is 10. The summed E-state index contributed by atoms with van der Waals surface area (Å²) in [4.78, 5) is 78.7. The van der Waals surface area contributed by atoms with Crippen molar-refractivity contribution < 1.29 is 69.3 Å². The molecule has 10 rings (SSSR count). The quantitative estimate of drug-likeness (QED) is 0.0415. The van der Waals surface area contributed by atoms with Gasteiger partial charge in [0, 0.05) is 114 Å². The number of hydrogen-bond donors (Lipinski definition) is 2. The number of nitrogens with one attached hydrogen (secondary N) is 1. The highest BCUT2D eigenvalue weighted by molar-refractivity contribution is 5.96. The van der Waals surface area contributed by atoms with Gasteiger partial charge in [0.1, 0.15) is 24.8 Å². The minimum Gasteiger partial charge on any atom is -0.465 e. The number of para-hydroxylation sites is 1. The number of anilines is 2. The lowest BCUT2D eigenvalue weighted by molar-refractivity contribution is -0.143. The molecule has 6 aromatic rings. The summed E-state index contributed by atoms with van der Waals surface area (Å²) in [6, 6.07) is 38.9. The van der Waals surface area contributed by atoms with E-state index in [1.54, 1.807) is 40.9 Å². The van der Waals surface area contributed by atoms with Crippen molar-refractivity contribution in [2.24, 2.45) is 0 Å². The molecule has 0 bridgehead atoms. The Morgan fingerprint density at radius 3 is 1.92 bits per heavy atom. The molecule has 3 fully saturated rings. The van der Waals surface area contributed by atoms with Crippen LogP contribution in [0.15, 0.2) is 146 Å². The van der Waals surface area contributed by atoms with Crippen molar-refractivity contribution in [2.75, 3.05) is 117 Å². The molecule has 0 unspecified atom stereocenters. The maximum Gasteiger partial charge on any atom is 0.416 e. The molecule has 4 aliphatic rings. The average molecular weight is 1440 g/mol. The van der Waals surface area contributed by atoms with Crippen LogP contribution in [0.2, 0.25) is 0 Å². The van der Waals surface area contributed by atoms with Crippen LogP contribution >= 0.6 is 37.2 Å². The zero-order valence-electron chi connectivity index (χ0n) is 55.6. The van der Waals surface area contributed by atoms with Crippen LogP contribution in [0.3, 0.4) is 0 Å². The normalized spacial score (nSPS) is 17.7. The fraction of sp³-hybridized carbons (Fsp3) is 0.438. The number of nitrogens with zero attached hydrogens (tertiary/aromatic N) is 7. The number of carbonyl (C=O) groups excluding carboxylic acids is 4. The lowest BCUT2D eigenvalue weighted by Gasteiger charge is -2.44. The first-order valence-electron chi connectivity index (χ1n) is 32.8. The molecule has 6 aromatic carbocycles. The molecule has 3 saturated heterocycles. The van der Waals surface area contributed by atoms with Crippen molar-refractivity contribution in [3.63, 3.8) is 0 Å². The molecular formula is C73H86Cl3F7N8O8. The summed E-state index contributed by atoms with van der Waals surface area (Å²) in [7, 11) is 5.27. The molecule has 99 heavy (non-hydrogen) atoms. The molecule has 0 saturated carbocycles. The highest BCUT2D eigenvalue weighted by Gasteiger charge is 2.50. The molecule has 3 heterocycles. The van der Waals surface area contributed by atoms with E-state index in [1.807, 2.05) is 85.9 Å². The Morgan fingerprint density at radius 2 is 1.26 bits per heavy atom. The number of likely N-dealkylation sites (N-methyl/N-ethyl adjacent to an activating group) is 2. The first-order valence-corrected chi connectivity index (χ1v) is 32.8. The Hall–Kier alpha value is -7.51. The Labute approximate surface area is 592 Å². The fourth-order valence-electron chi connectivity index (χ4n) is 13.9. The van der Waals surface area contributed by atoms with Crippen LogP contribution < -0.4 is 10.2 Å². The number of piperidine rings is 2. The SMILES string of the molecule is CN(CCN1CCC(N(C(=O)O)c2ccccc2-c2ccccc2)CC1)C(=O)CCCCNc1ccc(C(=O)N(C)CCCN(C)C(=O)CO[C@H]2Cc3ccccc3C23CCN(CC[C@]2(c4ccc(F)cc4)CN(C(=O)c4cc(C(F)(F)F)cc(C(F)(F)F)c4)CO2)CC3)cc1.Cl.Cl.Cl. The van der Waals surface area contributed by atoms with E-state index in [0.717, 1.165) is 52.4 Å². The van der Waals surface area contributed by atoms with Crippen molar-refractivity contribution in [1.82, 2.24) is 29.4 Å². The van der Waals surface area contributed by atoms with E-state index >= 15 is 0 Å². The summed E-state index contributed by atoms with van der Waals surface area (Å²) >= 11 is 0. The number of unbranched alkanes of at least 4 members (excludes halogenated alkanes) is 1. The number of alkyl halides is 6. The molecule has 536 valence electrons. The standard InChI is InChI=1S/C73H83F7N8O8.3ClH/c1-82(35-13-36-84(3)67(91)52-21-27-59(28-22-52)81-34-12-11-20-65(89)83(2)42-43-85-37-29-60(30-38-85)88(69(93)94)63-19-10-8-17-61(63)51-14-5-4-6-15-51)66(90)48-95-64-46-53-16-7-9-18-62(53)70(64)31-39-86(40-32-70)41-33-71(55-23-25-58(74)26-24-55)49-87(50-96-71)68(92)54-44-56(72(75,76)77)47-57(45-54)73(78,79)80;;;/h4-10,14-19,21-28,44-45,47,60,64,81H,11-13,20,29-43,46,48-50H2,1-3H3,(H,93,94);3*1H/t64-,71+;;;/m0.../s1. The maximum absolute atomic E-state index is 14.2. The predicted molar refractivity (Wildman–Crippen MR) is 373 cm³/mol. The zero-order chi connectivity index (χ0) is 68.4. The molecule has 26 heteroatoms. The van der Waals surface area contributed by atoms with E-state index < -0.39 is 64.6 Å². The van der Waals surface area contributed by atoms with Crippen LogP contribution in [-0.2, 0) is 48.9 Å². The van der Waals surface area contributed by atoms with Crippen molar-refractivity contribution in [3.05, 3.63) is 190 Å². The van der Waals surface area contributed by atoms with Crippen molar-refractivity contribution in [2.45, 2.75) is 99.7 Å². The van der Waals surface area contributed by atoms with Gasteiger partial charge in [-0.3, -0.25) is 24.1 Å². The summed E-state index contributed by atoms with van der Waals surface area (Å²) in [6.07, 6.45) is -5.56. The number of halogens is 10. The molecule has 0 radical (unpaired) electrons. The van der Waals surface area contributed by atoms with Crippen molar-refractivity contribution >= 4 is 78.3 Å². The van der Waals surface area contributed by atoms with E-state index in [1.165, 1.54) is 29.2 Å². The Kier molecular flexibility index (Phi) is 27.6. The fourth-order valence-corrected chi connectivity index (χ4v) is 13.9. The largest absolute Gasteiger partial charge is 0.465 e. The minimum atomic E-state index is -5.15. The molecule has 3 aliphatic heterocycles. The second kappa shape index (κ2) is 34.7. The van der Waals surface area contributed by atoms with E-state index in [9.17, 15) is 59.8 Å². The van der Waals surface area contributed by atoms with Crippen LogP contribution in [0, 0.1) is 5.82 Å². The molecule has 5 amide bonds. The van der Waals surface area contributed by atoms with Gasteiger partial charge in [-0.05, 0) is 154 Å². The van der Waals surface area contributed by atoms with Gasteiger partial charge in [-0.25, -0.2) is 9.18 Å². The zero-order valence-corrected chi connectivity index (χ0v) is 58.0. The molecule has 0 aromatic heterocycles. The summed E-state index contributed by atoms with van der Waals surface area (Å²) in [6.45, 7) is 5.03. The number of fused-ring (bicyclic) bond motifs is 2. The van der Waals surface area contributed by atoms with E-state index in [4.69, 9.17) is 9.47 Å². The van der Waals surface area contributed by atoms with E-state index in [-0.39, 0.29) is 92.7 Å². The highest BCUT2D eigenvalue weighted by atomic mass is 35.5. The highest BCUT2D eigenvalue weighted by Crippen LogP contribution is 2.49. The Bertz CT molecular complexity index is 3650. The van der Waals surface area contributed by atoms with Gasteiger partial charge in [-0.15, -0.1) is 37.2 Å². The molecule has 1 spiro atoms. The van der Waals surface area contributed by atoms with Gasteiger partial charge in [0.05, 0.1) is 29.5 Å². The Morgan fingerprint density at radius 1 is 0.657 bits per heavy atom. The lowest BCUT2D eigenvalue weighted by Crippen LogP contribution is -2.50. The number of carbonyl (C=O) groups is 5. The van der Waals surface area contributed by atoms with Crippen LogP contribution in [0.25, 0.3) is 11.1 Å². The summed E-state index contributed by atoms with van der Waals surface area (Å²) in [5.41, 5.74) is 1.01. The second-order valence-electron chi connectivity index (χ2n) is 25.8. The van der Waals surface area contributed by atoms with Crippen LogP contribution in [0.1, 0.15) is 106 Å². The summed E-state index contributed by atoms with van der Waals surface area (Å²) in [5.74, 6) is -1.89. The van der Waals surface area contributed by atoms with E-state index in [0.29, 0.717) is 133 Å². The third-order valence-corrected chi connectivity index (χ3v) is 19.6. The Balaban J connectivity index is 0.00000459. The number of rotatable bonds is 25. The van der Waals surface area contributed by atoms with Crippen LogP contribution in [0.4, 0.5) is 46.9 Å². The third-order valence-electron chi connectivity index (χ3n) is 19.6. The van der Waals surface area contributed by atoms with Gasteiger partial charge in [0.25, 0.3) is 11.8 Å². The third kappa shape index (κ3) is 19.3. The van der Waals surface area contributed by atoms with Crippen molar-refractivity contribution in [3.8, 4) is 11.1 Å². The number of likely N-dealkylation sites (tertiary alicyclic amines) is 2. The van der Waals surface area contributed by atoms with Crippen LogP contribution in [-0.4, -0.2) is 183 Å². The van der Waals surface area contributed by atoms with Gasteiger partial charge in [-0.2, -0.15) is 26.3 Å². The number of benzene rings is 6. The molecular weight excluding hydrogens is 1360 g/mol.